The first-order valence-corrected chi connectivity index (χ1v) is 10.2. The third kappa shape index (κ3) is 3.37. The maximum Gasteiger partial charge on any atom is 0.264 e. The fourth-order valence-electron chi connectivity index (χ4n) is 4.01. The first-order chi connectivity index (χ1) is 14.2. The van der Waals surface area contributed by atoms with Gasteiger partial charge in [-0.1, -0.05) is 24.3 Å². The van der Waals surface area contributed by atoms with Crippen LogP contribution in [0.1, 0.15) is 38.5 Å². The normalized spacial score (nSPS) is 16.6. The number of carbonyl (C=O) groups is 1. The van der Waals surface area contributed by atoms with E-state index in [1.165, 1.54) is 23.5 Å². The molecule has 0 N–H and O–H groups in total. The Morgan fingerprint density at radius 3 is 2.72 bits per heavy atom. The van der Waals surface area contributed by atoms with Crippen LogP contribution in [0.5, 0.6) is 0 Å². The Hall–Kier alpha value is -3.22. The lowest BCUT2D eigenvalue weighted by Crippen LogP contribution is -2.38. The molecule has 2 aliphatic rings. The second kappa shape index (κ2) is 7.31. The number of carbonyl (C=O) groups excluding carboxylic acids is 1. The van der Waals surface area contributed by atoms with E-state index in [0.717, 1.165) is 43.5 Å². The summed E-state index contributed by atoms with van der Waals surface area (Å²) in [7, 11) is 0. The lowest BCUT2D eigenvalue weighted by atomic mass is 10.0. The average molecular weight is 389 g/mol. The molecule has 1 fully saturated rings. The molecule has 2 aliphatic carbocycles. The highest BCUT2D eigenvalue weighted by molar-refractivity contribution is 5.80. The number of benzene rings is 1. The number of amides is 1. The third-order valence-corrected chi connectivity index (χ3v) is 5.62. The molecule has 3 aromatic rings. The van der Waals surface area contributed by atoms with Crippen LogP contribution < -0.4 is 5.56 Å². The molecular weight excluding hydrogens is 366 g/mol. The van der Waals surface area contributed by atoms with Gasteiger partial charge >= 0.3 is 0 Å². The van der Waals surface area contributed by atoms with Crippen LogP contribution >= 0.6 is 0 Å². The fraction of sp³-hybridized carbons (Fsp3) is 0.364. The van der Waals surface area contributed by atoms with Crippen LogP contribution in [0.15, 0.2) is 59.4 Å². The van der Waals surface area contributed by atoms with Crippen LogP contribution in [0.4, 0.5) is 0 Å². The third-order valence-electron chi connectivity index (χ3n) is 5.62. The van der Waals surface area contributed by atoms with Gasteiger partial charge in [0.25, 0.3) is 5.56 Å². The highest BCUT2D eigenvalue weighted by Crippen LogP contribution is 2.33. The summed E-state index contributed by atoms with van der Waals surface area (Å²) in [5.74, 6) is -0.0284. The van der Waals surface area contributed by atoms with Crippen molar-refractivity contribution in [2.24, 2.45) is 0 Å². The number of allylic oxidation sites excluding steroid dienone is 2. The van der Waals surface area contributed by atoms with Crippen LogP contribution in [0.2, 0.25) is 0 Å². The molecule has 0 spiro atoms. The summed E-state index contributed by atoms with van der Waals surface area (Å²) in [5.41, 5.74) is 2.23. The predicted octanol–water partition coefficient (Wildman–Crippen LogP) is 3.03. The molecule has 0 saturated heterocycles. The number of rotatable bonds is 5. The standard InChI is InChI=1S/C22H23N5O2/c28-20(26(17-11-12-17)16-7-3-1-4-8-16)14-25-15-23-21-19(22(25)29)13-24-27(21)18-9-5-2-6-10-18/h2,5-7,9-10,13,15,17H,1,3-4,8,11-12,14H2. The van der Waals surface area contributed by atoms with Gasteiger partial charge in [-0.15, -0.1) is 0 Å². The summed E-state index contributed by atoms with van der Waals surface area (Å²) in [4.78, 5) is 32.4. The van der Waals surface area contributed by atoms with E-state index in [2.05, 4.69) is 16.2 Å². The van der Waals surface area contributed by atoms with Crippen LogP contribution in [-0.2, 0) is 11.3 Å². The number of fused-ring (bicyclic) bond motifs is 1. The molecule has 2 aromatic heterocycles. The topological polar surface area (TPSA) is 73.0 Å². The molecule has 1 amide bonds. The smallest absolute Gasteiger partial charge is 0.264 e. The molecule has 148 valence electrons. The summed E-state index contributed by atoms with van der Waals surface area (Å²) < 4.78 is 3.05. The number of nitrogens with zero attached hydrogens (tertiary/aromatic N) is 5. The maximum absolute atomic E-state index is 13.1. The predicted molar refractivity (Wildman–Crippen MR) is 110 cm³/mol. The molecule has 5 rings (SSSR count). The zero-order valence-corrected chi connectivity index (χ0v) is 16.2. The highest BCUT2D eigenvalue weighted by Gasteiger charge is 2.35. The molecule has 29 heavy (non-hydrogen) atoms. The molecule has 2 heterocycles. The summed E-state index contributed by atoms with van der Waals surface area (Å²) in [6.45, 7) is 0.00608. The van der Waals surface area contributed by atoms with Crippen molar-refractivity contribution in [1.82, 2.24) is 24.2 Å². The zero-order valence-electron chi connectivity index (χ0n) is 16.2. The Morgan fingerprint density at radius 1 is 1.17 bits per heavy atom. The molecular formula is C22H23N5O2. The minimum absolute atomic E-state index is 0.00608. The van der Waals surface area contributed by atoms with Crippen LogP contribution in [0, 0.1) is 0 Å². The molecule has 1 aromatic carbocycles. The zero-order chi connectivity index (χ0) is 19.8. The van der Waals surface area contributed by atoms with Gasteiger partial charge in [-0.25, -0.2) is 9.67 Å². The van der Waals surface area contributed by atoms with Gasteiger partial charge in [0, 0.05) is 11.7 Å². The van der Waals surface area contributed by atoms with Gasteiger partial charge in [-0.2, -0.15) is 5.10 Å². The van der Waals surface area contributed by atoms with E-state index in [4.69, 9.17) is 0 Å². The molecule has 0 aliphatic heterocycles. The Labute approximate surface area is 168 Å². The van der Waals surface area contributed by atoms with Crippen molar-refractivity contribution in [3.8, 4) is 5.69 Å². The van der Waals surface area contributed by atoms with Crippen LogP contribution in [0.25, 0.3) is 16.7 Å². The second-order valence-electron chi connectivity index (χ2n) is 7.74. The first-order valence-electron chi connectivity index (χ1n) is 10.2. The van der Waals surface area contributed by atoms with Gasteiger partial charge in [0.05, 0.1) is 11.9 Å². The van der Waals surface area contributed by atoms with E-state index < -0.39 is 0 Å². The van der Waals surface area contributed by atoms with Gasteiger partial charge < -0.3 is 4.90 Å². The summed E-state index contributed by atoms with van der Waals surface area (Å²) in [6.07, 6.45) is 11.5. The number of hydrogen-bond donors (Lipinski definition) is 0. The minimum Gasteiger partial charge on any atom is -0.312 e. The van der Waals surface area contributed by atoms with E-state index in [1.54, 1.807) is 4.68 Å². The Morgan fingerprint density at radius 2 is 2.00 bits per heavy atom. The molecule has 7 heteroatoms. The quantitative estimate of drug-likeness (QED) is 0.672. The van der Waals surface area contributed by atoms with E-state index in [0.29, 0.717) is 17.1 Å². The monoisotopic (exact) mass is 389 g/mol. The highest BCUT2D eigenvalue weighted by atomic mass is 16.2. The fourth-order valence-corrected chi connectivity index (χ4v) is 4.01. The summed E-state index contributed by atoms with van der Waals surface area (Å²) >= 11 is 0. The van der Waals surface area contributed by atoms with E-state index in [1.807, 2.05) is 35.2 Å². The van der Waals surface area contributed by atoms with Crippen molar-refractivity contribution >= 4 is 16.9 Å². The van der Waals surface area contributed by atoms with E-state index in [9.17, 15) is 9.59 Å². The molecule has 7 nitrogen and oxygen atoms in total. The maximum atomic E-state index is 13.1. The van der Waals surface area contributed by atoms with Crippen molar-refractivity contribution in [3.63, 3.8) is 0 Å². The Kier molecular flexibility index (Phi) is 4.50. The van der Waals surface area contributed by atoms with Gasteiger partial charge in [-0.3, -0.25) is 14.2 Å². The van der Waals surface area contributed by atoms with Crippen molar-refractivity contribution < 1.29 is 4.79 Å². The van der Waals surface area contributed by atoms with Gasteiger partial charge in [0.1, 0.15) is 18.3 Å². The van der Waals surface area contributed by atoms with Crippen molar-refractivity contribution in [2.75, 3.05) is 0 Å². The minimum atomic E-state index is -0.237. The SMILES string of the molecule is O=C(Cn1cnc2c(cnn2-c2ccccc2)c1=O)N(C1=CCCCC1)C1CC1. The second-order valence-corrected chi connectivity index (χ2v) is 7.74. The lowest BCUT2D eigenvalue weighted by molar-refractivity contribution is -0.130. The van der Waals surface area contributed by atoms with Gasteiger partial charge in [0.15, 0.2) is 5.65 Å². The molecule has 0 bridgehead atoms. The van der Waals surface area contributed by atoms with Gasteiger partial charge in [-0.05, 0) is 50.7 Å². The van der Waals surface area contributed by atoms with Gasteiger partial charge in [0.2, 0.25) is 5.91 Å². The molecule has 0 unspecified atom stereocenters. The van der Waals surface area contributed by atoms with Crippen LogP contribution in [-0.4, -0.2) is 36.2 Å². The lowest BCUT2D eigenvalue weighted by Gasteiger charge is -2.28. The first kappa shape index (κ1) is 17.8. The number of aromatic nitrogens is 4. The number of hydrogen-bond acceptors (Lipinski definition) is 4. The molecule has 1 saturated carbocycles. The van der Waals surface area contributed by atoms with Crippen molar-refractivity contribution in [3.05, 3.63) is 65.0 Å². The molecule has 0 atom stereocenters. The number of para-hydroxylation sites is 1. The van der Waals surface area contributed by atoms with E-state index in [-0.39, 0.29) is 18.0 Å². The van der Waals surface area contributed by atoms with Crippen LogP contribution in [0.3, 0.4) is 0 Å². The Bertz CT molecular complexity index is 1140. The summed E-state index contributed by atoms with van der Waals surface area (Å²) in [5, 5.41) is 4.75. The molecule has 0 radical (unpaired) electrons. The van der Waals surface area contributed by atoms with Crippen molar-refractivity contribution in [1.29, 1.82) is 0 Å². The van der Waals surface area contributed by atoms with Crippen molar-refractivity contribution in [2.45, 2.75) is 51.1 Å². The average Bonchev–Trinajstić information content (AvgIpc) is 3.48. The largest absolute Gasteiger partial charge is 0.312 e. The Balaban J connectivity index is 1.45. The summed E-state index contributed by atoms with van der Waals surface area (Å²) in [6, 6.07) is 9.86. The van der Waals surface area contributed by atoms with E-state index >= 15 is 0 Å².